The summed E-state index contributed by atoms with van der Waals surface area (Å²) in [6, 6.07) is 8.80. The van der Waals surface area contributed by atoms with Crippen molar-refractivity contribution in [3.63, 3.8) is 0 Å². The summed E-state index contributed by atoms with van der Waals surface area (Å²) in [5.41, 5.74) is 2.85. The Labute approximate surface area is 152 Å². The Kier molecular flexibility index (Phi) is 4.90. The Morgan fingerprint density at radius 3 is 2.81 bits per heavy atom. The van der Waals surface area contributed by atoms with Gasteiger partial charge in [0.25, 0.3) is 5.91 Å². The first kappa shape index (κ1) is 17.5. The zero-order chi connectivity index (χ0) is 18.7. The number of carbonyl (C=O) groups excluding carboxylic acids is 1. The molecule has 0 radical (unpaired) electrons. The highest BCUT2D eigenvalue weighted by molar-refractivity contribution is 7.16. The highest BCUT2D eigenvalue weighted by Gasteiger charge is 2.13. The maximum absolute atomic E-state index is 11.9. The van der Waals surface area contributed by atoms with Crippen molar-refractivity contribution >= 4 is 34.3 Å². The minimum Gasteiger partial charge on any atom is -0.403 e. The van der Waals surface area contributed by atoms with Gasteiger partial charge in [0, 0.05) is 22.6 Å². The van der Waals surface area contributed by atoms with Crippen molar-refractivity contribution in [3.8, 4) is 11.5 Å². The molecule has 3 rings (SSSR count). The standard InChI is InChI=1S/C17H14N4O4S/c1-10-3-4-11(2)13(9-10)16-19-20-17(25-16)18-14(22)7-5-12-6-8-15(26-12)21(23)24/h3-9H,1-2H3,(H,18,20,22)/b7-5+. The Balaban J connectivity index is 1.68. The highest BCUT2D eigenvalue weighted by Crippen LogP contribution is 2.26. The monoisotopic (exact) mass is 370 g/mol. The molecule has 1 aromatic carbocycles. The molecule has 1 N–H and O–H groups in total. The summed E-state index contributed by atoms with van der Waals surface area (Å²) in [6.07, 6.45) is 2.73. The van der Waals surface area contributed by atoms with Crippen LogP contribution in [0.2, 0.25) is 0 Å². The number of nitrogens with zero attached hydrogens (tertiary/aromatic N) is 3. The zero-order valence-corrected chi connectivity index (χ0v) is 14.7. The third-order valence-corrected chi connectivity index (χ3v) is 4.47. The largest absolute Gasteiger partial charge is 0.403 e. The number of hydrogen-bond acceptors (Lipinski definition) is 7. The first-order valence-electron chi connectivity index (χ1n) is 7.57. The number of aryl methyl sites for hydroxylation is 2. The van der Waals surface area contributed by atoms with Gasteiger partial charge in [-0.1, -0.05) is 34.1 Å². The number of nitrogens with one attached hydrogen (secondary N) is 1. The topological polar surface area (TPSA) is 111 Å². The molecule has 0 saturated carbocycles. The Hall–Kier alpha value is -3.33. The molecule has 2 heterocycles. The smallest absolute Gasteiger partial charge is 0.324 e. The number of rotatable bonds is 5. The van der Waals surface area contributed by atoms with E-state index in [1.54, 1.807) is 6.07 Å². The van der Waals surface area contributed by atoms with Gasteiger partial charge in [-0.25, -0.2) is 0 Å². The number of nitro groups is 1. The molecule has 0 aliphatic carbocycles. The molecular formula is C17H14N4O4S. The normalized spacial score (nSPS) is 11.0. The Morgan fingerprint density at radius 1 is 1.27 bits per heavy atom. The molecule has 9 heteroatoms. The minimum absolute atomic E-state index is 0.0140. The summed E-state index contributed by atoms with van der Waals surface area (Å²) in [7, 11) is 0. The second kappa shape index (κ2) is 7.28. The lowest BCUT2D eigenvalue weighted by atomic mass is 10.1. The lowest BCUT2D eigenvalue weighted by molar-refractivity contribution is -0.380. The summed E-state index contributed by atoms with van der Waals surface area (Å²) in [6.45, 7) is 3.89. The van der Waals surface area contributed by atoms with Crippen molar-refractivity contribution in [1.82, 2.24) is 10.2 Å². The molecule has 0 atom stereocenters. The van der Waals surface area contributed by atoms with Gasteiger partial charge in [-0.3, -0.25) is 20.2 Å². The van der Waals surface area contributed by atoms with Gasteiger partial charge in [-0.05, 0) is 37.6 Å². The van der Waals surface area contributed by atoms with Gasteiger partial charge in [0.2, 0.25) is 5.89 Å². The molecule has 1 amide bonds. The first-order chi connectivity index (χ1) is 12.4. The molecule has 132 valence electrons. The summed E-state index contributed by atoms with van der Waals surface area (Å²) in [4.78, 5) is 22.7. The Morgan fingerprint density at radius 2 is 2.08 bits per heavy atom. The summed E-state index contributed by atoms with van der Waals surface area (Å²) >= 11 is 0.976. The van der Waals surface area contributed by atoms with Gasteiger partial charge >= 0.3 is 11.0 Å². The van der Waals surface area contributed by atoms with E-state index in [1.165, 1.54) is 18.2 Å². The van der Waals surface area contributed by atoms with E-state index in [-0.39, 0.29) is 11.0 Å². The molecular weight excluding hydrogens is 356 g/mol. The number of carbonyl (C=O) groups is 1. The molecule has 0 fully saturated rings. The average molecular weight is 370 g/mol. The van der Waals surface area contributed by atoms with Crippen LogP contribution in [0.15, 0.2) is 40.8 Å². The van der Waals surface area contributed by atoms with Gasteiger partial charge in [0.05, 0.1) is 4.92 Å². The SMILES string of the molecule is Cc1ccc(C)c(-c2nnc(NC(=O)/C=C/c3ccc([N+](=O)[O-])s3)o2)c1. The predicted molar refractivity (Wildman–Crippen MR) is 97.8 cm³/mol. The van der Waals surface area contributed by atoms with Crippen molar-refractivity contribution in [1.29, 1.82) is 0 Å². The summed E-state index contributed by atoms with van der Waals surface area (Å²) < 4.78 is 5.49. The van der Waals surface area contributed by atoms with Crippen LogP contribution < -0.4 is 5.32 Å². The van der Waals surface area contributed by atoms with E-state index in [1.807, 2.05) is 32.0 Å². The highest BCUT2D eigenvalue weighted by atomic mass is 32.1. The lowest BCUT2D eigenvalue weighted by Gasteiger charge is -2.01. The number of aromatic nitrogens is 2. The Bertz CT molecular complexity index is 1010. The van der Waals surface area contributed by atoms with Gasteiger partial charge in [-0.15, -0.1) is 5.10 Å². The second-order valence-corrected chi connectivity index (χ2v) is 6.58. The molecule has 26 heavy (non-hydrogen) atoms. The van der Waals surface area contributed by atoms with E-state index < -0.39 is 10.8 Å². The van der Waals surface area contributed by atoms with E-state index in [9.17, 15) is 14.9 Å². The molecule has 0 bridgehead atoms. The third kappa shape index (κ3) is 4.01. The van der Waals surface area contributed by atoms with Gasteiger partial charge < -0.3 is 4.42 Å². The van der Waals surface area contributed by atoms with Crippen molar-refractivity contribution in [2.24, 2.45) is 0 Å². The van der Waals surface area contributed by atoms with Gasteiger partial charge in [0.1, 0.15) is 0 Å². The summed E-state index contributed by atoms with van der Waals surface area (Å²) in [5, 5.41) is 20.9. The van der Waals surface area contributed by atoms with Crippen LogP contribution in [0.1, 0.15) is 16.0 Å². The average Bonchev–Trinajstić information content (AvgIpc) is 3.24. The lowest BCUT2D eigenvalue weighted by Crippen LogP contribution is -2.07. The van der Waals surface area contributed by atoms with E-state index in [4.69, 9.17) is 4.42 Å². The van der Waals surface area contributed by atoms with Crippen molar-refractivity contribution in [2.75, 3.05) is 5.32 Å². The van der Waals surface area contributed by atoms with Crippen LogP contribution in [-0.2, 0) is 4.79 Å². The number of anilines is 1. The molecule has 0 spiro atoms. The van der Waals surface area contributed by atoms with Gasteiger partial charge in [0.15, 0.2) is 0 Å². The molecule has 2 aromatic heterocycles. The van der Waals surface area contributed by atoms with Crippen molar-refractivity contribution < 1.29 is 14.1 Å². The van der Waals surface area contributed by atoms with Crippen LogP contribution in [0.5, 0.6) is 0 Å². The van der Waals surface area contributed by atoms with Crippen molar-refractivity contribution in [2.45, 2.75) is 13.8 Å². The molecule has 0 saturated heterocycles. The second-order valence-electron chi connectivity index (χ2n) is 5.49. The van der Waals surface area contributed by atoms with Crippen LogP contribution in [0.3, 0.4) is 0 Å². The van der Waals surface area contributed by atoms with Crippen LogP contribution in [0.25, 0.3) is 17.5 Å². The quantitative estimate of drug-likeness (QED) is 0.413. The fraction of sp³-hybridized carbons (Fsp3) is 0.118. The number of amides is 1. The number of hydrogen-bond donors (Lipinski definition) is 1. The van der Waals surface area contributed by atoms with Gasteiger partial charge in [-0.2, -0.15) is 0 Å². The van der Waals surface area contributed by atoms with E-state index in [2.05, 4.69) is 15.5 Å². The third-order valence-electron chi connectivity index (χ3n) is 3.47. The molecule has 0 aliphatic rings. The minimum atomic E-state index is -0.477. The summed E-state index contributed by atoms with van der Waals surface area (Å²) in [5.74, 6) is -0.156. The first-order valence-corrected chi connectivity index (χ1v) is 8.38. The fourth-order valence-electron chi connectivity index (χ4n) is 2.18. The maximum Gasteiger partial charge on any atom is 0.324 e. The maximum atomic E-state index is 11.9. The van der Waals surface area contributed by atoms with E-state index in [0.29, 0.717) is 10.8 Å². The van der Waals surface area contributed by atoms with E-state index in [0.717, 1.165) is 28.0 Å². The van der Waals surface area contributed by atoms with Crippen LogP contribution in [-0.4, -0.2) is 21.0 Å². The van der Waals surface area contributed by atoms with Crippen LogP contribution in [0, 0.1) is 24.0 Å². The van der Waals surface area contributed by atoms with E-state index >= 15 is 0 Å². The zero-order valence-electron chi connectivity index (χ0n) is 13.9. The molecule has 0 aliphatic heterocycles. The molecule has 0 unspecified atom stereocenters. The molecule has 8 nitrogen and oxygen atoms in total. The van der Waals surface area contributed by atoms with Crippen LogP contribution in [0.4, 0.5) is 11.0 Å². The molecule has 3 aromatic rings. The van der Waals surface area contributed by atoms with Crippen LogP contribution >= 0.6 is 11.3 Å². The fourth-order valence-corrected chi connectivity index (χ4v) is 2.91. The predicted octanol–water partition coefficient (Wildman–Crippen LogP) is 3.98. The number of benzene rings is 1. The number of thiophene rings is 1. The van der Waals surface area contributed by atoms with Crippen molar-refractivity contribution in [3.05, 3.63) is 62.5 Å².